The highest BCUT2D eigenvalue weighted by molar-refractivity contribution is 7.84. The zero-order valence-electron chi connectivity index (χ0n) is 10.3. The van der Waals surface area contributed by atoms with Crippen LogP contribution in [0.25, 0.3) is 0 Å². The van der Waals surface area contributed by atoms with Gasteiger partial charge in [-0.2, -0.15) is 0 Å². The van der Waals surface area contributed by atoms with Gasteiger partial charge in [-0.25, -0.2) is 4.98 Å². The van der Waals surface area contributed by atoms with Crippen molar-refractivity contribution in [3.8, 4) is 0 Å². The van der Waals surface area contributed by atoms with Crippen molar-refractivity contribution in [1.82, 2.24) is 10.3 Å². The van der Waals surface area contributed by atoms with Crippen molar-refractivity contribution < 1.29 is 9.13 Å². The van der Waals surface area contributed by atoms with Gasteiger partial charge in [0.1, 0.15) is 11.2 Å². The maximum Gasteiger partial charge on any atom is 0.287 e. The van der Waals surface area contributed by atoms with Gasteiger partial charge in [0.25, 0.3) is 5.69 Å². The summed E-state index contributed by atoms with van der Waals surface area (Å²) in [6.45, 7) is 1.91. The smallest absolute Gasteiger partial charge is 0.287 e. The molecule has 1 aliphatic rings. The van der Waals surface area contributed by atoms with Crippen molar-refractivity contribution in [2.45, 2.75) is 17.9 Å². The van der Waals surface area contributed by atoms with Crippen LogP contribution in [0.15, 0.2) is 23.4 Å². The van der Waals surface area contributed by atoms with E-state index in [4.69, 9.17) is 0 Å². The molecule has 1 saturated heterocycles. The normalized spacial score (nSPS) is 20.3. The van der Waals surface area contributed by atoms with Crippen LogP contribution < -0.4 is 5.32 Å². The van der Waals surface area contributed by atoms with Gasteiger partial charge in [-0.3, -0.25) is 14.3 Å². The van der Waals surface area contributed by atoms with E-state index in [1.807, 2.05) is 0 Å². The molecule has 2 heterocycles. The summed E-state index contributed by atoms with van der Waals surface area (Å²) in [6.07, 6.45) is 3.34. The molecule has 6 nitrogen and oxygen atoms in total. The molecule has 19 heavy (non-hydrogen) atoms. The highest BCUT2D eigenvalue weighted by Crippen LogP contribution is 2.16. The number of nitrogens with one attached hydrogen (secondary N) is 1. The number of hydrogen-bond acceptors (Lipinski definition) is 5. The van der Waals surface area contributed by atoms with Gasteiger partial charge in [0, 0.05) is 11.8 Å². The molecule has 2 atom stereocenters. The Morgan fingerprint density at radius 2 is 2.32 bits per heavy atom. The van der Waals surface area contributed by atoms with Crippen LogP contribution in [-0.2, 0) is 10.8 Å². The fourth-order valence-corrected chi connectivity index (χ4v) is 3.25. The first-order valence-corrected chi connectivity index (χ1v) is 7.18. The van der Waals surface area contributed by atoms with Gasteiger partial charge in [0.15, 0.2) is 0 Å². The van der Waals surface area contributed by atoms with Crippen LogP contribution in [0.3, 0.4) is 0 Å². The molecule has 8 heteroatoms. The Hall–Kier alpha value is -1.05. The predicted octanol–water partition coefficient (Wildman–Crippen LogP) is 1.52. The van der Waals surface area contributed by atoms with E-state index in [-0.39, 0.29) is 18.1 Å². The molecule has 0 saturated carbocycles. The van der Waals surface area contributed by atoms with Gasteiger partial charge >= 0.3 is 0 Å². The van der Waals surface area contributed by atoms with E-state index in [2.05, 4.69) is 10.3 Å². The SMILES string of the molecule is Cl.O=[N+]([O-])c1ccc(S(=O)CC2CCCNC2)nc1. The number of halogens is 1. The third-order valence-corrected chi connectivity index (χ3v) is 4.43. The Balaban J connectivity index is 0.00000180. The summed E-state index contributed by atoms with van der Waals surface area (Å²) < 4.78 is 12.0. The minimum atomic E-state index is -1.18. The van der Waals surface area contributed by atoms with E-state index < -0.39 is 15.7 Å². The highest BCUT2D eigenvalue weighted by atomic mass is 35.5. The molecule has 0 spiro atoms. The number of pyridine rings is 1. The second-order valence-electron chi connectivity index (χ2n) is 4.34. The van der Waals surface area contributed by atoms with Gasteiger partial charge < -0.3 is 5.32 Å². The highest BCUT2D eigenvalue weighted by Gasteiger charge is 2.18. The monoisotopic (exact) mass is 305 g/mol. The molecule has 0 radical (unpaired) electrons. The molecule has 1 N–H and O–H groups in total. The quantitative estimate of drug-likeness (QED) is 0.673. The Morgan fingerprint density at radius 1 is 1.53 bits per heavy atom. The lowest BCUT2D eigenvalue weighted by Gasteiger charge is -2.21. The number of hydrogen-bond donors (Lipinski definition) is 1. The van der Waals surface area contributed by atoms with Gasteiger partial charge in [0.2, 0.25) is 0 Å². The summed E-state index contributed by atoms with van der Waals surface area (Å²) in [6, 6.07) is 2.82. The van der Waals surface area contributed by atoms with E-state index >= 15 is 0 Å². The minimum Gasteiger partial charge on any atom is -0.316 e. The van der Waals surface area contributed by atoms with E-state index in [1.54, 1.807) is 0 Å². The second-order valence-corrected chi connectivity index (χ2v) is 5.78. The zero-order valence-corrected chi connectivity index (χ0v) is 11.9. The summed E-state index contributed by atoms with van der Waals surface area (Å²) >= 11 is 0. The summed E-state index contributed by atoms with van der Waals surface area (Å²) in [5.74, 6) is 0.967. The first-order valence-electron chi connectivity index (χ1n) is 5.86. The molecule has 1 fully saturated rings. The van der Waals surface area contributed by atoms with Crippen molar-refractivity contribution >= 4 is 28.9 Å². The van der Waals surface area contributed by atoms with Crippen LogP contribution in [0.4, 0.5) is 5.69 Å². The third kappa shape index (κ3) is 4.52. The molecular formula is C11H16ClN3O3S. The van der Waals surface area contributed by atoms with Crippen molar-refractivity contribution in [2.75, 3.05) is 18.8 Å². The average Bonchev–Trinajstić information content (AvgIpc) is 2.40. The second kappa shape index (κ2) is 7.52. The van der Waals surface area contributed by atoms with Crippen molar-refractivity contribution in [3.05, 3.63) is 28.4 Å². The molecule has 0 bridgehead atoms. The summed E-state index contributed by atoms with van der Waals surface area (Å²) in [7, 11) is -1.18. The minimum absolute atomic E-state index is 0. The van der Waals surface area contributed by atoms with Crippen LogP contribution in [0.5, 0.6) is 0 Å². The molecular weight excluding hydrogens is 290 g/mol. The van der Waals surface area contributed by atoms with Crippen LogP contribution in [-0.4, -0.2) is 33.0 Å². The summed E-state index contributed by atoms with van der Waals surface area (Å²) in [4.78, 5) is 13.9. The van der Waals surface area contributed by atoms with E-state index in [9.17, 15) is 14.3 Å². The number of rotatable bonds is 4. The van der Waals surface area contributed by atoms with Crippen molar-refractivity contribution in [1.29, 1.82) is 0 Å². The molecule has 106 valence electrons. The molecule has 1 aromatic rings. The lowest BCUT2D eigenvalue weighted by Crippen LogP contribution is -2.32. The lowest BCUT2D eigenvalue weighted by atomic mass is 10.0. The van der Waals surface area contributed by atoms with Crippen molar-refractivity contribution in [2.24, 2.45) is 5.92 Å². The molecule has 0 aromatic carbocycles. The topological polar surface area (TPSA) is 85.1 Å². The first kappa shape index (κ1) is 16.0. The standard InChI is InChI=1S/C11H15N3O3S.ClH/c15-14(16)10-3-4-11(13-7-10)18(17)8-9-2-1-5-12-6-9;/h3-4,7,9,12H,1-2,5-6,8H2;1H. The Bertz CT molecular complexity index is 449. The van der Waals surface area contributed by atoms with Crippen LogP contribution >= 0.6 is 12.4 Å². The fourth-order valence-electron chi connectivity index (χ4n) is 1.98. The van der Waals surface area contributed by atoms with Gasteiger partial charge in [-0.15, -0.1) is 12.4 Å². The Kier molecular flexibility index (Phi) is 6.33. The molecule has 1 aliphatic heterocycles. The number of nitrogens with zero attached hydrogens (tertiary/aromatic N) is 2. The van der Waals surface area contributed by atoms with Crippen LogP contribution in [0.1, 0.15) is 12.8 Å². The predicted molar refractivity (Wildman–Crippen MR) is 75.0 cm³/mol. The van der Waals surface area contributed by atoms with E-state index in [0.29, 0.717) is 16.7 Å². The lowest BCUT2D eigenvalue weighted by molar-refractivity contribution is -0.385. The van der Waals surface area contributed by atoms with Gasteiger partial charge in [-0.1, -0.05) is 0 Å². The number of piperidine rings is 1. The summed E-state index contributed by atoms with van der Waals surface area (Å²) in [5.41, 5.74) is -0.0740. The fraction of sp³-hybridized carbons (Fsp3) is 0.545. The van der Waals surface area contributed by atoms with Crippen LogP contribution in [0.2, 0.25) is 0 Å². The number of nitro groups is 1. The maximum absolute atomic E-state index is 12.0. The first-order chi connectivity index (χ1) is 8.66. The van der Waals surface area contributed by atoms with Gasteiger partial charge in [-0.05, 0) is 37.9 Å². The van der Waals surface area contributed by atoms with Crippen LogP contribution in [0, 0.1) is 16.0 Å². The van der Waals surface area contributed by atoms with E-state index in [1.165, 1.54) is 12.1 Å². The molecule has 0 aliphatic carbocycles. The average molecular weight is 306 g/mol. The Morgan fingerprint density at radius 3 is 2.84 bits per heavy atom. The Labute approximate surface area is 120 Å². The maximum atomic E-state index is 12.0. The molecule has 2 rings (SSSR count). The molecule has 1 aromatic heterocycles. The summed E-state index contributed by atoms with van der Waals surface area (Å²) in [5, 5.41) is 14.2. The molecule has 2 unspecified atom stereocenters. The van der Waals surface area contributed by atoms with Crippen molar-refractivity contribution in [3.63, 3.8) is 0 Å². The third-order valence-electron chi connectivity index (χ3n) is 2.95. The van der Waals surface area contributed by atoms with Gasteiger partial charge in [0.05, 0.1) is 15.7 Å². The zero-order chi connectivity index (χ0) is 13.0. The number of aromatic nitrogens is 1. The molecule has 0 amide bonds. The largest absolute Gasteiger partial charge is 0.316 e. The van der Waals surface area contributed by atoms with E-state index in [0.717, 1.165) is 32.1 Å².